The largest absolute Gasteiger partial charge is 0.329 e. The normalized spacial score (nSPS) is 12.6. The van der Waals surface area contributed by atoms with Gasteiger partial charge in [0.15, 0.2) is 0 Å². The molecule has 0 aliphatic heterocycles. The van der Waals surface area contributed by atoms with E-state index in [1.807, 2.05) is 0 Å². The number of aryl methyl sites for hydroxylation is 2. The van der Waals surface area contributed by atoms with E-state index in [0.717, 1.165) is 13.1 Å². The van der Waals surface area contributed by atoms with Gasteiger partial charge in [0.1, 0.15) is 0 Å². The summed E-state index contributed by atoms with van der Waals surface area (Å²) in [6, 6.07) is 17.5. The fourth-order valence-electron chi connectivity index (χ4n) is 2.82. The van der Waals surface area contributed by atoms with Crippen LogP contribution in [0.25, 0.3) is 0 Å². The number of nitrogens with two attached hydrogens (primary N) is 1. The highest BCUT2D eigenvalue weighted by Crippen LogP contribution is 2.23. The van der Waals surface area contributed by atoms with E-state index in [0.29, 0.717) is 6.54 Å². The summed E-state index contributed by atoms with van der Waals surface area (Å²) in [5, 5.41) is 0. The van der Waals surface area contributed by atoms with Crippen molar-refractivity contribution in [1.29, 1.82) is 0 Å². The average Bonchev–Trinajstić information content (AvgIpc) is 2.49. The van der Waals surface area contributed by atoms with Gasteiger partial charge in [0.2, 0.25) is 0 Å². The highest BCUT2D eigenvalue weighted by atomic mass is 15.2. The quantitative estimate of drug-likeness (QED) is 0.872. The monoisotopic (exact) mass is 282 g/mol. The summed E-state index contributed by atoms with van der Waals surface area (Å²) in [5.74, 6) is 0. The lowest BCUT2D eigenvalue weighted by Gasteiger charge is -2.31. The molecule has 2 aromatic carbocycles. The molecule has 0 fully saturated rings. The van der Waals surface area contributed by atoms with Gasteiger partial charge in [-0.2, -0.15) is 0 Å². The molecule has 2 heteroatoms. The second-order valence-corrected chi connectivity index (χ2v) is 5.66. The Balaban J connectivity index is 2.24. The molecule has 0 aromatic heterocycles. The zero-order valence-corrected chi connectivity index (χ0v) is 13.3. The summed E-state index contributed by atoms with van der Waals surface area (Å²) in [4.78, 5) is 2.46. The summed E-state index contributed by atoms with van der Waals surface area (Å²) in [6.45, 7) is 9.09. The number of benzene rings is 2. The van der Waals surface area contributed by atoms with Crippen molar-refractivity contribution in [3.05, 3.63) is 70.8 Å². The molecular formula is C19H26N2. The average molecular weight is 282 g/mol. The van der Waals surface area contributed by atoms with Gasteiger partial charge in [0.25, 0.3) is 0 Å². The van der Waals surface area contributed by atoms with Crippen LogP contribution in [0.2, 0.25) is 0 Å². The van der Waals surface area contributed by atoms with Gasteiger partial charge >= 0.3 is 0 Å². The minimum atomic E-state index is 0.273. The predicted octanol–water partition coefficient (Wildman–Crippen LogP) is 3.83. The van der Waals surface area contributed by atoms with Gasteiger partial charge in [-0.05, 0) is 37.1 Å². The van der Waals surface area contributed by atoms with Crippen molar-refractivity contribution in [2.24, 2.45) is 5.73 Å². The van der Waals surface area contributed by atoms with Gasteiger partial charge in [0.05, 0.1) is 0 Å². The number of likely N-dealkylation sites (N-methyl/N-ethyl adjacent to an activating group) is 1. The van der Waals surface area contributed by atoms with Crippen LogP contribution in [0.3, 0.4) is 0 Å². The molecule has 2 N–H and O–H groups in total. The van der Waals surface area contributed by atoms with Crippen molar-refractivity contribution in [3.8, 4) is 0 Å². The maximum absolute atomic E-state index is 6.08. The van der Waals surface area contributed by atoms with Crippen LogP contribution in [-0.4, -0.2) is 18.0 Å². The van der Waals surface area contributed by atoms with Crippen LogP contribution in [0.15, 0.2) is 48.5 Å². The van der Waals surface area contributed by atoms with Crippen LogP contribution in [0.4, 0.5) is 0 Å². The van der Waals surface area contributed by atoms with E-state index in [1.54, 1.807) is 0 Å². The van der Waals surface area contributed by atoms with Gasteiger partial charge in [-0.3, -0.25) is 4.90 Å². The summed E-state index contributed by atoms with van der Waals surface area (Å²) in [7, 11) is 0. The van der Waals surface area contributed by atoms with Crippen molar-refractivity contribution >= 4 is 0 Å². The molecule has 2 nitrogen and oxygen atoms in total. The van der Waals surface area contributed by atoms with Crippen molar-refractivity contribution < 1.29 is 0 Å². The molecule has 0 radical (unpaired) electrons. The summed E-state index contributed by atoms with van der Waals surface area (Å²) in [5.41, 5.74) is 11.4. The number of nitrogens with zero attached hydrogens (tertiary/aromatic N) is 1. The number of hydrogen-bond acceptors (Lipinski definition) is 2. The van der Waals surface area contributed by atoms with Gasteiger partial charge < -0.3 is 5.73 Å². The van der Waals surface area contributed by atoms with E-state index in [-0.39, 0.29) is 6.04 Å². The van der Waals surface area contributed by atoms with Crippen LogP contribution < -0.4 is 5.73 Å². The number of hydrogen-bond donors (Lipinski definition) is 1. The summed E-state index contributed by atoms with van der Waals surface area (Å²) >= 11 is 0. The van der Waals surface area contributed by atoms with Crippen LogP contribution >= 0.6 is 0 Å². The molecule has 21 heavy (non-hydrogen) atoms. The first-order valence-electron chi connectivity index (χ1n) is 7.71. The number of rotatable bonds is 6. The van der Waals surface area contributed by atoms with E-state index in [2.05, 4.69) is 74.2 Å². The molecule has 0 saturated heterocycles. The molecular weight excluding hydrogens is 256 g/mol. The molecule has 1 unspecified atom stereocenters. The lowest BCUT2D eigenvalue weighted by atomic mass is 10.0. The standard InChI is InChI=1S/C19H26N2/c1-4-21(14-18-10-6-5-9-16(18)3)19(13-20)17-11-7-8-15(2)12-17/h5-12,19H,4,13-14,20H2,1-3H3. The third-order valence-corrected chi connectivity index (χ3v) is 4.13. The van der Waals surface area contributed by atoms with Crippen LogP contribution in [0, 0.1) is 13.8 Å². The van der Waals surface area contributed by atoms with Crippen LogP contribution in [0.1, 0.15) is 35.2 Å². The first-order valence-corrected chi connectivity index (χ1v) is 7.71. The Labute approximate surface area is 128 Å². The van der Waals surface area contributed by atoms with Crippen molar-refractivity contribution in [2.75, 3.05) is 13.1 Å². The molecule has 0 aliphatic rings. The molecule has 0 saturated carbocycles. The Morgan fingerprint density at radius 3 is 2.43 bits per heavy atom. The first-order chi connectivity index (χ1) is 10.2. The molecule has 112 valence electrons. The summed E-state index contributed by atoms with van der Waals surface area (Å²) < 4.78 is 0. The van der Waals surface area contributed by atoms with Crippen molar-refractivity contribution in [2.45, 2.75) is 33.4 Å². The second kappa shape index (κ2) is 7.39. The van der Waals surface area contributed by atoms with Gasteiger partial charge in [-0.1, -0.05) is 61.0 Å². The summed E-state index contributed by atoms with van der Waals surface area (Å²) in [6.07, 6.45) is 0. The maximum atomic E-state index is 6.08. The molecule has 0 spiro atoms. The highest BCUT2D eigenvalue weighted by molar-refractivity contribution is 5.28. The third kappa shape index (κ3) is 3.93. The zero-order valence-electron chi connectivity index (χ0n) is 13.3. The Morgan fingerprint density at radius 2 is 1.81 bits per heavy atom. The predicted molar refractivity (Wildman–Crippen MR) is 90.2 cm³/mol. The fourth-order valence-corrected chi connectivity index (χ4v) is 2.82. The molecule has 2 aromatic rings. The van der Waals surface area contributed by atoms with Gasteiger partial charge in [-0.25, -0.2) is 0 Å². The lowest BCUT2D eigenvalue weighted by molar-refractivity contribution is 0.203. The van der Waals surface area contributed by atoms with Crippen molar-refractivity contribution in [1.82, 2.24) is 4.90 Å². The molecule has 0 amide bonds. The van der Waals surface area contributed by atoms with Crippen LogP contribution in [0.5, 0.6) is 0 Å². The highest BCUT2D eigenvalue weighted by Gasteiger charge is 2.18. The minimum Gasteiger partial charge on any atom is -0.329 e. The Bertz CT molecular complexity index is 577. The molecule has 0 bridgehead atoms. The Kier molecular flexibility index (Phi) is 5.54. The van der Waals surface area contributed by atoms with E-state index in [1.165, 1.54) is 22.3 Å². The smallest absolute Gasteiger partial charge is 0.0473 e. The Hall–Kier alpha value is -1.64. The van der Waals surface area contributed by atoms with E-state index in [9.17, 15) is 0 Å². The lowest BCUT2D eigenvalue weighted by Crippen LogP contribution is -2.33. The zero-order chi connectivity index (χ0) is 15.2. The minimum absolute atomic E-state index is 0.273. The first kappa shape index (κ1) is 15.7. The Morgan fingerprint density at radius 1 is 1.05 bits per heavy atom. The maximum Gasteiger partial charge on any atom is 0.0473 e. The van der Waals surface area contributed by atoms with Crippen molar-refractivity contribution in [3.63, 3.8) is 0 Å². The van der Waals surface area contributed by atoms with Crippen LogP contribution in [-0.2, 0) is 6.54 Å². The molecule has 2 rings (SSSR count). The molecule has 0 aliphatic carbocycles. The SMILES string of the molecule is CCN(Cc1ccccc1C)C(CN)c1cccc(C)c1. The van der Waals surface area contributed by atoms with E-state index < -0.39 is 0 Å². The van der Waals surface area contributed by atoms with E-state index in [4.69, 9.17) is 5.73 Å². The van der Waals surface area contributed by atoms with Gasteiger partial charge in [0, 0.05) is 19.1 Å². The van der Waals surface area contributed by atoms with E-state index >= 15 is 0 Å². The molecule has 1 atom stereocenters. The fraction of sp³-hybridized carbons (Fsp3) is 0.368. The molecule has 0 heterocycles. The third-order valence-electron chi connectivity index (χ3n) is 4.13. The topological polar surface area (TPSA) is 29.3 Å². The second-order valence-electron chi connectivity index (χ2n) is 5.66. The van der Waals surface area contributed by atoms with Gasteiger partial charge in [-0.15, -0.1) is 0 Å².